The normalized spacial score (nSPS) is 15.5. The zero-order chi connectivity index (χ0) is 8.74. The van der Waals surface area contributed by atoms with Gasteiger partial charge in [-0.25, -0.2) is 0 Å². The molecular formula is C4H8Na2O6S. The molecule has 1 saturated heterocycles. The summed E-state index contributed by atoms with van der Waals surface area (Å²) in [5.41, 5.74) is 0. The maximum absolute atomic E-state index is 8.52. The summed E-state index contributed by atoms with van der Waals surface area (Å²) in [5.74, 6) is 0. The molecule has 0 aromatic rings. The summed E-state index contributed by atoms with van der Waals surface area (Å²) in [4.78, 5) is 0. The fraction of sp³-hybridized carbons (Fsp3) is 1.00. The first-order chi connectivity index (χ1) is 5.00. The Labute approximate surface area is 122 Å². The van der Waals surface area contributed by atoms with Crippen LogP contribution in [0.5, 0.6) is 0 Å². The molecule has 0 radical (unpaired) electrons. The molecule has 0 atom stereocenters. The van der Waals surface area contributed by atoms with Crippen LogP contribution < -0.4 is 59.1 Å². The van der Waals surface area contributed by atoms with Crippen LogP contribution in [-0.4, -0.2) is 44.0 Å². The van der Waals surface area contributed by atoms with Gasteiger partial charge in [-0.15, -0.1) is 0 Å². The van der Waals surface area contributed by atoms with E-state index in [0.29, 0.717) is 0 Å². The Morgan fingerprint density at radius 2 is 1.00 bits per heavy atom. The van der Waals surface area contributed by atoms with Crippen molar-refractivity contribution in [3.63, 3.8) is 0 Å². The third kappa shape index (κ3) is 31.6. The zero-order valence-corrected chi connectivity index (χ0v) is 12.5. The summed E-state index contributed by atoms with van der Waals surface area (Å²) in [6.45, 7) is 3.11. The maximum atomic E-state index is 8.52. The van der Waals surface area contributed by atoms with Crippen molar-refractivity contribution in [1.29, 1.82) is 0 Å². The molecule has 0 amide bonds. The van der Waals surface area contributed by atoms with Gasteiger partial charge in [0.1, 0.15) is 0 Å². The molecule has 0 N–H and O–H groups in total. The minimum atomic E-state index is -5.17. The Balaban J connectivity index is -0.000000136. The van der Waals surface area contributed by atoms with Gasteiger partial charge in [-0.2, -0.15) is 0 Å². The predicted octanol–water partition coefficient (Wildman–Crippen LogP) is -7.30. The largest absolute Gasteiger partial charge is 1.00 e. The molecule has 0 bridgehead atoms. The van der Waals surface area contributed by atoms with E-state index in [-0.39, 0.29) is 59.1 Å². The van der Waals surface area contributed by atoms with Crippen LogP contribution in [-0.2, 0) is 19.9 Å². The van der Waals surface area contributed by atoms with Crippen LogP contribution in [0.3, 0.4) is 0 Å². The summed E-state index contributed by atoms with van der Waals surface area (Å²) >= 11 is 0. The van der Waals surface area contributed by atoms with Crippen molar-refractivity contribution in [2.45, 2.75) is 0 Å². The fourth-order valence-electron chi connectivity index (χ4n) is 0.440. The Hall–Kier alpha value is 1.79. The first-order valence-corrected chi connectivity index (χ1v) is 4.15. The molecule has 6 nitrogen and oxygen atoms in total. The standard InChI is InChI=1S/C4H8O2.2Na.H2O4S/c1-2-6-4-3-5-1;;;1-5(2,3)4/h1-4H2;;;(H2,1,2,3,4)/q;2*+1;/p-2. The monoisotopic (exact) mass is 230 g/mol. The van der Waals surface area contributed by atoms with Gasteiger partial charge in [0, 0.05) is 10.4 Å². The van der Waals surface area contributed by atoms with Gasteiger partial charge in [0.05, 0.1) is 26.4 Å². The molecular weight excluding hydrogens is 222 g/mol. The van der Waals surface area contributed by atoms with Crippen LogP contribution in [0.25, 0.3) is 0 Å². The quantitative estimate of drug-likeness (QED) is 0.233. The molecule has 1 aliphatic heterocycles. The van der Waals surface area contributed by atoms with Gasteiger partial charge in [0.2, 0.25) is 0 Å². The average molecular weight is 230 g/mol. The average Bonchev–Trinajstić information content (AvgIpc) is 1.88. The van der Waals surface area contributed by atoms with Gasteiger partial charge >= 0.3 is 59.1 Å². The Bertz CT molecular complexity index is 158. The molecule has 0 aromatic carbocycles. The van der Waals surface area contributed by atoms with Crippen molar-refractivity contribution in [3.8, 4) is 0 Å². The van der Waals surface area contributed by atoms with E-state index >= 15 is 0 Å². The van der Waals surface area contributed by atoms with Gasteiger partial charge < -0.3 is 18.6 Å². The molecule has 13 heavy (non-hydrogen) atoms. The van der Waals surface area contributed by atoms with Crippen LogP contribution in [0.2, 0.25) is 0 Å². The summed E-state index contributed by atoms with van der Waals surface area (Å²) in [7, 11) is -5.17. The van der Waals surface area contributed by atoms with E-state index in [4.69, 9.17) is 27.0 Å². The SMILES string of the molecule is C1COCCO1.O=S(=O)([O-])[O-].[Na+].[Na+]. The van der Waals surface area contributed by atoms with E-state index in [2.05, 4.69) is 0 Å². The first-order valence-electron chi connectivity index (χ1n) is 2.82. The van der Waals surface area contributed by atoms with E-state index < -0.39 is 10.4 Å². The van der Waals surface area contributed by atoms with Gasteiger partial charge in [-0.05, 0) is 0 Å². The molecule has 0 spiro atoms. The number of rotatable bonds is 0. The number of hydrogen-bond acceptors (Lipinski definition) is 6. The molecule has 1 aliphatic rings. The van der Waals surface area contributed by atoms with Crippen LogP contribution in [0.4, 0.5) is 0 Å². The smallest absolute Gasteiger partial charge is 0.759 e. The van der Waals surface area contributed by atoms with Gasteiger partial charge in [-0.3, -0.25) is 8.42 Å². The topological polar surface area (TPSA) is 98.7 Å². The van der Waals surface area contributed by atoms with Crippen LogP contribution >= 0.6 is 0 Å². The van der Waals surface area contributed by atoms with Gasteiger partial charge in [0.15, 0.2) is 0 Å². The summed E-state index contributed by atoms with van der Waals surface area (Å²) in [5, 5.41) is 0. The second kappa shape index (κ2) is 11.9. The van der Waals surface area contributed by atoms with Crippen molar-refractivity contribution in [2.24, 2.45) is 0 Å². The van der Waals surface area contributed by atoms with E-state index in [1.807, 2.05) is 0 Å². The minimum absolute atomic E-state index is 0. The van der Waals surface area contributed by atoms with E-state index in [9.17, 15) is 0 Å². The second-order valence-corrected chi connectivity index (χ2v) is 2.45. The van der Waals surface area contributed by atoms with Crippen LogP contribution in [0, 0.1) is 0 Å². The van der Waals surface area contributed by atoms with Gasteiger partial charge in [0.25, 0.3) is 0 Å². The molecule has 9 heteroatoms. The third-order valence-electron chi connectivity index (χ3n) is 0.744. The third-order valence-corrected chi connectivity index (χ3v) is 0.744. The number of hydrogen-bond donors (Lipinski definition) is 0. The maximum Gasteiger partial charge on any atom is 1.00 e. The van der Waals surface area contributed by atoms with Crippen LogP contribution in [0.15, 0.2) is 0 Å². The summed E-state index contributed by atoms with van der Waals surface area (Å²) < 4.78 is 44.0. The van der Waals surface area contributed by atoms with Crippen molar-refractivity contribution in [1.82, 2.24) is 0 Å². The van der Waals surface area contributed by atoms with Crippen molar-refractivity contribution in [3.05, 3.63) is 0 Å². The first kappa shape index (κ1) is 20.2. The Kier molecular flexibility index (Phi) is 18.5. The van der Waals surface area contributed by atoms with E-state index in [0.717, 1.165) is 26.4 Å². The molecule has 0 unspecified atom stereocenters. The molecule has 0 saturated carbocycles. The Morgan fingerprint density at radius 1 is 0.846 bits per heavy atom. The molecule has 1 heterocycles. The van der Waals surface area contributed by atoms with Crippen molar-refractivity contribution < 1.29 is 86.1 Å². The fourth-order valence-corrected chi connectivity index (χ4v) is 0.440. The van der Waals surface area contributed by atoms with Gasteiger partial charge in [-0.1, -0.05) is 0 Å². The zero-order valence-electron chi connectivity index (χ0n) is 7.69. The molecule has 1 rings (SSSR count). The van der Waals surface area contributed by atoms with E-state index in [1.165, 1.54) is 0 Å². The second-order valence-electron chi connectivity index (χ2n) is 1.63. The predicted molar refractivity (Wildman–Crippen MR) is 32.1 cm³/mol. The molecule has 68 valence electrons. The summed E-state index contributed by atoms with van der Waals surface area (Å²) in [6, 6.07) is 0. The van der Waals surface area contributed by atoms with Crippen LogP contribution in [0.1, 0.15) is 0 Å². The van der Waals surface area contributed by atoms with Crippen molar-refractivity contribution in [2.75, 3.05) is 26.4 Å². The molecule has 0 aliphatic carbocycles. The van der Waals surface area contributed by atoms with Crippen molar-refractivity contribution >= 4 is 10.4 Å². The van der Waals surface area contributed by atoms with E-state index in [1.54, 1.807) is 0 Å². The molecule has 0 aromatic heterocycles. The minimum Gasteiger partial charge on any atom is -0.759 e. The number of ether oxygens (including phenoxy) is 2. The Morgan fingerprint density at radius 3 is 1.08 bits per heavy atom. The molecule has 1 fully saturated rings. The summed E-state index contributed by atoms with van der Waals surface area (Å²) in [6.07, 6.45) is 0.